The Hall–Kier alpha value is -1.06. The lowest BCUT2D eigenvalue weighted by molar-refractivity contribution is 0.217. The molecule has 1 unspecified atom stereocenters. The minimum atomic E-state index is -0.551. The van der Waals surface area contributed by atoms with E-state index in [4.69, 9.17) is 4.42 Å². The lowest BCUT2D eigenvalue weighted by atomic mass is 10.0. The Morgan fingerprint density at radius 1 is 1.40 bits per heavy atom. The highest BCUT2D eigenvalue weighted by atomic mass is 32.1. The van der Waals surface area contributed by atoms with Gasteiger partial charge in [-0.2, -0.15) is 0 Å². The van der Waals surface area contributed by atoms with Gasteiger partial charge in [-0.05, 0) is 30.0 Å². The summed E-state index contributed by atoms with van der Waals surface area (Å²) < 4.78 is 5.32. The number of furan rings is 1. The number of aliphatic hydroxyl groups excluding tert-OH is 1. The van der Waals surface area contributed by atoms with Gasteiger partial charge in [-0.25, -0.2) is 0 Å². The molecule has 1 atom stereocenters. The summed E-state index contributed by atoms with van der Waals surface area (Å²) in [7, 11) is 0. The van der Waals surface area contributed by atoms with Gasteiger partial charge in [0.1, 0.15) is 11.9 Å². The van der Waals surface area contributed by atoms with Crippen LogP contribution in [-0.4, -0.2) is 5.11 Å². The number of hydrogen-bond donors (Lipinski definition) is 1. The number of aryl methyl sites for hydroxylation is 2. The Morgan fingerprint density at radius 3 is 2.80 bits per heavy atom. The van der Waals surface area contributed by atoms with Gasteiger partial charge in [-0.15, -0.1) is 11.3 Å². The van der Waals surface area contributed by atoms with E-state index >= 15 is 0 Å². The van der Waals surface area contributed by atoms with Crippen LogP contribution in [0.5, 0.6) is 0 Å². The van der Waals surface area contributed by atoms with Crippen LogP contribution in [0.3, 0.4) is 0 Å². The summed E-state index contributed by atoms with van der Waals surface area (Å²) in [5, 5.41) is 12.2. The van der Waals surface area contributed by atoms with E-state index in [1.165, 1.54) is 0 Å². The molecule has 15 heavy (non-hydrogen) atoms. The van der Waals surface area contributed by atoms with Crippen LogP contribution in [-0.2, 0) is 6.42 Å². The number of aliphatic hydroxyl groups is 1. The fourth-order valence-electron chi connectivity index (χ4n) is 1.73. The second-order valence-electron chi connectivity index (χ2n) is 3.49. The molecule has 80 valence electrons. The summed E-state index contributed by atoms with van der Waals surface area (Å²) in [6.07, 6.45) is 1.90. The van der Waals surface area contributed by atoms with Crippen LogP contribution < -0.4 is 0 Å². The molecule has 2 heterocycles. The second kappa shape index (κ2) is 4.21. The van der Waals surface area contributed by atoms with Gasteiger partial charge in [0.2, 0.25) is 0 Å². The third-order valence-electron chi connectivity index (χ3n) is 2.59. The van der Waals surface area contributed by atoms with Gasteiger partial charge in [0.25, 0.3) is 0 Å². The lowest BCUT2D eigenvalue weighted by Crippen LogP contribution is -2.00. The molecule has 2 aromatic rings. The molecular formula is C12H14O2S. The molecule has 0 aliphatic rings. The molecule has 0 aromatic carbocycles. The first-order valence-electron chi connectivity index (χ1n) is 5.02. The molecule has 0 aliphatic carbocycles. The Morgan fingerprint density at radius 2 is 2.20 bits per heavy atom. The maximum atomic E-state index is 10.2. The third kappa shape index (κ3) is 1.85. The van der Waals surface area contributed by atoms with Crippen molar-refractivity contribution in [3.8, 4) is 0 Å². The van der Waals surface area contributed by atoms with Crippen molar-refractivity contribution < 1.29 is 9.52 Å². The lowest BCUT2D eigenvalue weighted by Gasteiger charge is -2.09. The van der Waals surface area contributed by atoms with Gasteiger partial charge in [0, 0.05) is 16.9 Å². The van der Waals surface area contributed by atoms with E-state index in [0.29, 0.717) is 0 Å². The van der Waals surface area contributed by atoms with Crippen molar-refractivity contribution in [2.75, 3.05) is 0 Å². The van der Waals surface area contributed by atoms with Crippen LogP contribution in [0, 0.1) is 6.92 Å². The van der Waals surface area contributed by atoms with Crippen LogP contribution in [0.4, 0.5) is 0 Å². The summed E-state index contributed by atoms with van der Waals surface area (Å²) in [5.74, 6) is 0.869. The van der Waals surface area contributed by atoms with Crippen molar-refractivity contribution in [1.82, 2.24) is 0 Å². The second-order valence-corrected chi connectivity index (χ2v) is 4.61. The Bertz CT molecular complexity index is 442. The SMILES string of the molecule is CCc1occc1C(O)c1ccsc1C. The first-order chi connectivity index (χ1) is 7.24. The first-order valence-corrected chi connectivity index (χ1v) is 5.90. The first kappa shape index (κ1) is 10.5. The van der Waals surface area contributed by atoms with Crippen LogP contribution in [0.1, 0.15) is 34.8 Å². The average Bonchev–Trinajstić information content (AvgIpc) is 2.84. The summed E-state index contributed by atoms with van der Waals surface area (Å²) in [4.78, 5) is 1.16. The number of thiophene rings is 1. The van der Waals surface area contributed by atoms with E-state index in [0.717, 1.165) is 28.2 Å². The molecule has 0 aliphatic heterocycles. The Kier molecular flexibility index (Phi) is 2.93. The molecule has 2 aromatic heterocycles. The zero-order chi connectivity index (χ0) is 10.8. The van der Waals surface area contributed by atoms with Gasteiger partial charge in [0.15, 0.2) is 0 Å². The van der Waals surface area contributed by atoms with Crippen molar-refractivity contribution in [1.29, 1.82) is 0 Å². The van der Waals surface area contributed by atoms with Crippen molar-refractivity contribution in [3.63, 3.8) is 0 Å². The zero-order valence-corrected chi connectivity index (χ0v) is 9.67. The molecule has 2 rings (SSSR count). The normalized spacial score (nSPS) is 13.0. The topological polar surface area (TPSA) is 33.4 Å². The molecular weight excluding hydrogens is 208 g/mol. The minimum absolute atomic E-state index is 0.551. The predicted molar refractivity (Wildman–Crippen MR) is 61.2 cm³/mol. The smallest absolute Gasteiger partial charge is 0.109 e. The maximum Gasteiger partial charge on any atom is 0.109 e. The van der Waals surface area contributed by atoms with E-state index in [2.05, 4.69) is 0 Å². The highest BCUT2D eigenvalue weighted by molar-refractivity contribution is 7.10. The van der Waals surface area contributed by atoms with E-state index in [-0.39, 0.29) is 0 Å². The minimum Gasteiger partial charge on any atom is -0.469 e. The van der Waals surface area contributed by atoms with E-state index in [9.17, 15) is 5.11 Å². The monoisotopic (exact) mass is 222 g/mol. The molecule has 0 amide bonds. The molecule has 0 radical (unpaired) electrons. The van der Waals surface area contributed by atoms with E-state index < -0.39 is 6.10 Å². The number of hydrogen-bond acceptors (Lipinski definition) is 3. The van der Waals surface area contributed by atoms with Gasteiger partial charge < -0.3 is 9.52 Å². The van der Waals surface area contributed by atoms with Crippen molar-refractivity contribution in [2.24, 2.45) is 0 Å². The molecule has 0 bridgehead atoms. The molecule has 3 heteroatoms. The Labute approximate surface area is 93.2 Å². The van der Waals surface area contributed by atoms with Crippen LogP contribution in [0.25, 0.3) is 0 Å². The maximum absolute atomic E-state index is 10.2. The van der Waals surface area contributed by atoms with Crippen LogP contribution in [0.2, 0.25) is 0 Å². The summed E-state index contributed by atoms with van der Waals surface area (Å²) in [6, 6.07) is 3.82. The van der Waals surface area contributed by atoms with Crippen molar-refractivity contribution >= 4 is 11.3 Å². The predicted octanol–water partition coefficient (Wildman–Crippen LogP) is 3.29. The summed E-state index contributed by atoms with van der Waals surface area (Å²) in [6.45, 7) is 4.05. The molecule has 0 saturated heterocycles. The van der Waals surface area contributed by atoms with E-state index in [1.807, 2.05) is 31.4 Å². The standard InChI is InChI=1S/C12H14O2S/c1-3-11-10(4-6-14-11)12(13)9-5-7-15-8(9)2/h4-7,12-13H,3H2,1-2H3. The van der Waals surface area contributed by atoms with Crippen LogP contribution in [0.15, 0.2) is 28.2 Å². The molecule has 2 nitrogen and oxygen atoms in total. The summed E-state index contributed by atoms with van der Waals surface area (Å²) in [5.41, 5.74) is 1.87. The zero-order valence-electron chi connectivity index (χ0n) is 8.86. The Balaban J connectivity index is 2.36. The highest BCUT2D eigenvalue weighted by Gasteiger charge is 2.18. The summed E-state index contributed by atoms with van der Waals surface area (Å²) >= 11 is 1.65. The number of rotatable bonds is 3. The highest BCUT2D eigenvalue weighted by Crippen LogP contribution is 2.30. The quantitative estimate of drug-likeness (QED) is 0.864. The van der Waals surface area contributed by atoms with E-state index in [1.54, 1.807) is 17.6 Å². The fraction of sp³-hybridized carbons (Fsp3) is 0.333. The third-order valence-corrected chi connectivity index (χ3v) is 3.45. The van der Waals surface area contributed by atoms with Gasteiger partial charge in [-0.1, -0.05) is 6.92 Å². The fourth-order valence-corrected chi connectivity index (χ4v) is 2.46. The molecule has 0 fully saturated rings. The van der Waals surface area contributed by atoms with Crippen molar-refractivity contribution in [3.05, 3.63) is 45.5 Å². The van der Waals surface area contributed by atoms with Gasteiger partial charge >= 0.3 is 0 Å². The largest absolute Gasteiger partial charge is 0.469 e. The van der Waals surface area contributed by atoms with Crippen molar-refractivity contribution in [2.45, 2.75) is 26.4 Å². The molecule has 1 N–H and O–H groups in total. The molecule has 0 saturated carbocycles. The average molecular weight is 222 g/mol. The van der Waals surface area contributed by atoms with Gasteiger partial charge in [0.05, 0.1) is 6.26 Å². The van der Waals surface area contributed by atoms with Gasteiger partial charge in [-0.3, -0.25) is 0 Å². The van der Waals surface area contributed by atoms with Crippen LogP contribution >= 0.6 is 11.3 Å². The molecule has 0 spiro atoms.